The van der Waals surface area contributed by atoms with Gasteiger partial charge in [-0.15, -0.1) is 0 Å². The molecule has 0 saturated heterocycles. The molecule has 0 aliphatic heterocycles. The Morgan fingerprint density at radius 3 is 2.80 bits per heavy atom. The number of hydrogen-bond acceptors (Lipinski definition) is 4. The lowest BCUT2D eigenvalue weighted by molar-refractivity contribution is 0.146. The zero-order valence-corrected chi connectivity index (χ0v) is 8.00. The molecular weight excluding hydrogens is 204 g/mol. The van der Waals surface area contributed by atoms with Crippen molar-refractivity contribution < 1.29 is 13.5 Å². The van der Waals surface area contributed by atoms with Gasteiger partial charge in [-0.3, -0.25) is 0 Å². The van der Waals surface area contributed by atoms with E-state index in [4.69, 9.17) is 15.7 Å². The summed E-state index contributed by atoms with van der Waals surface area (Å²) in [5.74, 6) is 0.0746. The number of pyridine rings is 1. The number of alkyl halides is 2. The summed E-state index contributed by atoms with van der Waals surface area (Å²) >= 11 is 0. The van der Waals surface area contributed by atoms with Crippen LogP contribution in [-0.2, 0) is 6.42 Å². The number of nitrogens with zero attached hydrogens (tertiary/aromatic N) is 2. The zero-order valence-electron chi connectivity index (χ0n) is 8.00. The average Bonchev–Trinajstić information content (AvgIpc) is 2.20. The first-order chi connectivity index (χ1) is 7.10. The third-order valence-electron chi connectivity index (χ3n) is 1.83. The number of aromatic nitrogens is 1. The molecule has 0 amide bonds. The molecule has 0 aromatic carbocycles. The zero-order chi connectivity index (χ0) is 11.4. The first-order valence-corrected chi connectivity index (χ1v) is 4.08. The average molecular weight is 213 g/mol. The lowest BCUT2D eigenvalue weighted by Gasteiger charge is -2.10. The van der Waals surface area contributed by atoms with Gasteiger partial charge >= 0.3 is 0 Å². The van der Waals surface area contributed by atoms with Crippen molar-refractivity contribution in [2.75, 3.05) is 12.8 Å². The standard InChI is InChI=1S/C9H9F2N3O/c1-15-7-4-6(8(10)11)14-9(13)5(7)2-3-12/h4,8H,2H2,1H3,(H2,13,14). The number of nitrogens with two attached hydrogens (primary N) is 1. The van der Waals surface area contributed by atoms with Gasteiger partial charge in [0.1, 0.15) is 17.3 Å². The number of rotatable bonds is 3. The van der Waals surface area contributed by atoms with Gasteiger partial charge in [0.25, 0.3) is 6.43 Å². The Bertz CT molecular complexity index is 401. The summed E-state index contributed by atoms with van der Waals surface area (Å²) in [6.45, 7) is 0. The Balaban J connectivity index is 3.25. The maximum Gasteiger partial charge on any atom is 0.280 e. The van der Waals surface area contributed by atoms with Gasteiger partial charge in [-0.25, -0.2) is 13.8 Å². The van der Waals surface area contributed by atoms with Gasteiger partial charge in [-0.1, -0.05) is 0 Å². The van der Waals surface area contributed by atoms with Crippen molar-refractivity contribution in [1.29, 1.82) is 5.26 Å². The number of methoxy groups -OCH3 is 1. The molecule has 0 radical (unpaired) electrons. The maximum atomic E-state index is 12.3. The predicted molar refractivity (Wildman–Crippen MR) is 49.5 cm³/mol. The molecule has 1 rings (SSSR count). The van der Waals surface area contributed by atoms with E-state index in [1.165, 1.54) is 7.11 Å². The molecule has 1 aromatic heterocycles. The molecule has 0 aliphatic carbocycles. The van der Waals surface area contributed by atoms with Gasteiger partial charge in [-0.2, -0.15) is 5.26 Å². The number of nitrogen functional groups attached to an aromatic ring is 1. The summed E-state index contributed by atoms with van der Waals surface area (Å²) in [6.07, 6.45) is -2.73. The van der Waals surface area contributed by atoms with Crippen LogP contribution in [0.4, 0.5) is 14.6 Å². The minimum absolute atomic E-state index is 0.0223. The second-order valence-corrected chi connectivity index (χ2v) is 2.75. The van der Waals surface area contributed by atoms with Crippen LogP contribution >= 0.6 is 0 Å². The fraction of sp³-hybridized carbons (Fsp3) is 0.333. The van der Waals surface area contributed by atoms with Gasteiger partial charge in [0.15, 0.2) is 0 Å². The van der Waals surface area contributed by atoms with Gasteiger partial charge in [0, 0.05) is 6.07 Å². The minimum atomic E-state index is -2.71. The van der Waals surface area contributed by atoms with Crippen LogP contribution in [0, 0.1) is 11.3 Å². The first kappa shape index (κ1) is 11.2. The molecule has 2 N–H and O–H groups in total. The van der Waals surface area contributed by atoms with Crippen molar-refractivity contribution in [3.63, 3.8) is 0 Å². The SMILES string of the molecule is COc1cc(C(F)F)nc(N)c1CC#N. The third-order valence-corrected chi connectivity index (χ3v) is 1.83. The van der Waals surface area contributed by atoms with E-state index < -0.39 is 12.1 Å². The van der Waals surface area contributed by atoms with E-state index >= 15 is 0 Å². The van der Waals surface area contributed by atoms with E-state index in [1.807, 2.05) is 6.07 Å². The van der Waals surface area contributed by atoms with Crippen molar-refractivity contribution in [2.24, 2.45) is 0 Å². The highest BCUT2D eigenvalue weighted by atomic mass is 19.3. The van der Waals surface area contributed by atoms with Gasteiger partial charge in [-0.05, 0) is 0 Å². The van der Waals surface area contributed by atoms with Crippen LogP contribution in [0.3, 0.4) is 0 Å². The molecule has 80 valence electrons. The monoisotopic (exact) mass is 213 g/mol. The van der Waals surface area contributed by atoms with Crippen molar-refractivity contribution in [3.05, 3.63) is 17.3 Å². The summed E-state index contributed by atoms with van der Waals surface area (Å²) in [5, 5.41) is 8.51. The maximum absolute atomic E-state index is 12.3. The van der Waals surface area contributed by atoms with Crippen LogP contribution in [0.5, 0.6) is 5.75 Å². The lowest BCUT2D eigenvalue weighted by atomic mass is 10.1. The number of ether oxygens (including phenoxy) is 1. The molecule has 0 atom stereocenters. The lowest BCUT2D eigenvalue weighted by Crippen LogP contribution is -2.04. The van der Waals surface area contributed by atoms with E-state index in [0.717, 1.165) is 6.07 Å². The highest BCUT2D eigenvalue weighted by molar-refractivity contribution is 5.51. The second kappa shape index (κ2) is 4.55. The van der Waals surface area contributed by atoms with Crippen molar-refractivity contribution >= 4 is 5.82 Å². The molecule has 1 aromatic rings. The molecule has 0 saturated carbocycles. The highest BCUT2D eigenvalue weighted by Crippen LogP contribution is 2.28. The fourth-order valence-electron chi connectivity index (χ4n) is 1.14. The van der Waals surface area contributed by atoms with Gasteiger partial charge < -0.3 is 10.5 Å². The molecule has 0 fully saturated rings. The predicted octanol–water partition coefficient (Wildman–Crippen LogP) is 1.68. The van der Waals surface area contributed by atoms with Crippen LogP contribution < -0.4 is 10.5 Å². The summed E-state index contributed by atoms with van der Waals surface area (Å²) < 4.78 is 29.5. The number of halogens is 2. The molecule has 0 aliphatic rings. The quantitative estimate of drug-likeness (QED) is 0.828. The van der Waals surface area contributed by atoms with Gasteiger partial charge in [0.2, 0.25) is 0 Å². The molecule has 1 heterocycles. The van der Waals surface area contributed by atoms with Crippen LogP contribution in [0.2, 0.25) is 0 Å². The molecule has 0 bridgehead atoms. The summed E-state index contributed by atoms with van der Waals surface area (Å²) in [7, 11) is 1.32. The molecule has 0 unspecified atom stereocenters. The van der Waals surface area contributed by atoms with Crippen molar-refractivity contribution in [1.82, 2.24) is 4.98 Å². The van der Waals surface area contributed by atoms with E-state index in [9.17, 15) is 8.78 Å². The molecule has 4 nitrogen and oxygen atoms in total. The Morgan fingerprint density at radius 2 is 2.33 bits per heavy atom. The Hall–Kier alpha value is -1.90. The van der Waals surface area contributed by atoms with Crippen LogP contribution in [0.25, 0.3) is 0 Å². The highest BCUT2D eigenvalue weighted by Gasteiger charge is 2.16. The van der Waals surface area contributed by atoms with Crippen LogP contribution in [0.15, 0.2) is 6.07 Å². The fourth-order valence-corrected chi connectivity index (χ4v) is 1.14. The largest absolute Gasteiger partial charge is 0.496 e. The third kappa shape index (κ3) is 2.31. The van der Waals surface area contributed by atoms with Gasteiger partial charge in [0.05, 0.1) is 25.2 Å². The Kier molecular flexibility index (Phi) is 3.39. The van der Waals surface area contributed by atoms with Crippen molar-refractivity contribution in [2.45, 2.75) is 12.8 Å². The molecule has 0 spiro atoms. The summed E-state index contributed by atoms with van der Waals surface area (Å²) in [4.78, 5) is 3.50. The summed E-state index contributed by atoms with van der Waals surface area (Å²) in [5.41, 5.74) is 5.33. The summed E-state index contributed by atoms with van der Waals surface area (Å²) in [6, 6.07) is 2.95. The first-order valence-electron chi connectivity index (χ1n) is 4.08. The number of anilines is 1. The normalized spacial score (nSPS) is 10.1. The van der Waals surface area contributed by atoms with E-state index in [0.29, 0.717) is 5.56 Å². The minimum Gasteiger partial charge on any atom is -0.496 e. The van der Waals surface area contributed by atoms with Crippen molar-refractivity contribution in [3.8, 4) is 11.8 Å². The number of nitriles is 1. The topological polar surface area (TPSA) is 71.9 Å². The molecular formula is C9H9F2N3O. The van der Waals surface area contributed by atoms with E-state index in [-0.39, 0.29) is 18.0 Å². The smallest absolute Gasteiger partial charge is 0.280 e. The van der Waals surface area contributed by atoms with E-state index in [1.54, 1.807) is 0 Å². The molecule has 15 heavy (non-hydrogen) atoms. The number of hydrogen-bond donors (Lipinski definition) is 1. The second-order valence-electron chi connectivity index (χ2n) is 2.75. The Labute approximate surface area is 85.3 Å². The van der Waals surface area contributed by atoms with E-state index in [2.05, 4.69) is 4.98 Å². The van der Waals surface area contributed by atoms with Crippen LogP contribution in [0.1, 0.15) is 17.7 Å². The Morgan fingerprint density at radius 1 is 1.67 bits per heavy atom. The van der Waals surface area contributed by atoms with Crippen LogP contribution in [-0.4, -0.2) is 12.1 Å². The molecule has 6 heteroatoms.